The standard InChI is InChI=1S/C49H35Cl2N5O9/c1-56(2)33-18-16-32(17-19-33)55-54-31-14-12-28(13-15-31)45(58)53-20-7-21-62-46(59)30(27-52)22-29-8-3-4-9-34(29)47(60)64-44-26-43-38(24-40(44)51)49(36-11-6-5-10-35(36)48(61)65-49)37-23-39(50)41(57)25-42(37)63-43/h3-6,8-19,22-26,57H,7,20-21H2,1-2H3,(H,53,58)/b30-22+,55-54+. The van der Waals surface area contributed by atoms with Gasteiger partial charge in [-0.1, -0.05) is 59.6 Å². The molecule has 0 aromatic heterocycles. The second kappa shape index (κ2) is 18.4. The summed E-state index contributed by atoms with van der Waals surface area (Å²) >= 11 is 13.1. The molecule has 6 aromatic rings. The van der Waals surface area contributed by atoms with Crippen molar-refractivity contribution in [2.45, 2.75) is 12.0 Å². The summed E-state index contributed by atoms with van der Waals surface area (Å²) < 4.78 is 23.4. The fraction of sp³-hybridized carbons (Fsp3) is 0.122. The number of rotatable bonds is 12. The lowest BCUT2D eigenvalue weighted by molar-refractivity contribution is -0.138. The van der Waals surface area contributed by atoms with E-state index in [1.54, 1.807) is 60.7 Å². The van der Waals surface area contributed by atoms with Crippen LogP contribution in [0.3, 0.4) is 0 Å². The van der Waals surface area contributed by atoms with Crippen LogP contribution in [0.15, 0.2) is 137 Å². The van der Waals surface area contributed by atoms with Crippen LogP contribution in [-0.2, 0) is 19.9 Å². The summed E-state index contributed by atoms with van der Waals surface area (Å²) in [7, 11) is 3.90. The lowest BCUT2D eigenvalue weighted by Crippen LogP contribution is -2.33. The second-order valence-electron chi connectivity index (χ2n) is 14.8. The topological polar surface area (TPSA) is 189 Å². The molecular formula is C49H35Cl2N5O9. The van der Waals surface area contributed by atoms with E-state index < -0.39 is 29.1 Å². The van der Waals surface area contributed by atoms with Gasteiger partial charge in [0, 0.05) is 60.7 Å². The number of anilines is 1. The molecular weight excluding hydrogens is 873 g/mol. The molecule has 2 heterocycles. The highest BCUT2D eigenvalue weighted by Gasteiger charge is 2.54. The smallest absolute Gasteiger partial charge is 0.348 e. The average molecular weight is 909 g/mol. The zero-order valence-electron chi connectivity index (χ0n) is 34.5. The molecule has 6 aromatic carbocycles. The van der Waals surface area contributed by atoms with E-state index in [1.165, 1.54) is 42.5 Å². The Hall–Kier alpha value is -7.99. The highest BCUT2D eigenvalue weighted by atomic mass is 35.5. The van der Waals surface area contributed by atoms with E-state index in [9.17, 15) is 29.5 Å². The Balaban J connectivity index is 0.901. The fourth-order valence-electron chi connectivity index (χ4n) is 7.24. The van der Waals surface area contributed by atoms with Crippen molar-refractivity contribution in [1.29, 1.82) is 5.26 Å². The van der Waals surface area contributed by atoms with Crippen LogP contribution in [0.2, 0.25) is 10.0 Å². The maximum absolute atomic E-state index is 13.7. The molecule has 65 heavy (non-hydrogen) atoms. The van der Waals surface area contributed by atoms with Crippen LogP contribution in [0, 0.1) is 11.3 Å². The van der Waals surface area contributed by atoms with E-state index in [1.807, 2.05) is 49.3 Å². The van der Waals surface area contributed by atoms with E-state index >= 15 is 0 Å². The third kappa shape index (κ3) is 8.83. The molecule has 0 aliphatic carbocycles. The number of amides is 1. The van der Waals surface area contributed by atoms with Crippen molar-refractivity contribution >= 4 is 70.2 Å². The van der Waals surface area contributed by atoms with Gasteiger partial charge in [0.15, 0.2) is 11.4 Å². The monoisotopic (exact) mass is 907 g/mol. The molecule has 324 valence electrons. The number of aromatic hydroxyl groups is 1. The maximum Gasteiger partial charge on any atom is 0.348 e. The lowest BCUT2D eigenvalue weighted by Gasteiger charge is -2.37. The SMILES string of the molecule is CN(C)c1ccc(/N=N/c2ccc(C(=O)NCCCOC(=O)/C(C#N)=C/c3ccccc3C(=O)Oc3cc4c(cc3Cl)C3(OC(=O)c5ccccc53)c3cc(Cl)c(O)cc3O4)cc2)cc1. The van der Waals surface area contributed by atoms with Crippen LogP contribution >= 0.6 is 23.2 Å². The molecule has 2 N–H and O–H groups in total. The molecule has 1 atom stereocenters. The van der Waals surface area contributed by atoms with Gasteiger partial charge in [-0.3, -0.25) is 4.79 Å². The summed E-state index contributed by atoms with van der Waals surface area (Å²) in [5.41, 5.74) is 2.33. The van der Waals surface area contributed by atoms with Crippen LogP contribution in [-0.4, -0.2) is 56.2 Å². The Morgan fingerprint density at radius 3 is 2.20 bits per heavy atom. The number of ether oxygens (including phenoxy) is 4. The van der Waals surface area contributed by atoms with Crippen molar-refractivity contribution in [3.63, 3.8) is 0 Å². The summed E-state index contributed by atoms with van der Waals surface area (Å²) in [5.74, 6) is -2.95. The third-order valence-electron chi connectivity index (χ3n) is 10.5. The molecule has 0 radical (unpaired) electrons. The number of halogens is 2. The highest BCUT2D eigenvalue weighted by molar-refractivity contribution is 6.32. The molecule has 2 aliphatic rings. The van der Waals surface area contributed by atoms with Gasteiger partial charge < -0.3 is 34.3 Å². The van der Waals surface area contributed by atoms with Crippen molar-refractivity contribution in [2.75, 3.05) is 32.1 Å². The van der Waals surface area contributed by atoms with Crippen LogP contribution in [0.5, 0.6) is 23.0 Å². The summed E-state index contributed by atoms with van der Waals surface area (Å²) in [6, 6.07) is 34.5. The van der Waals surface area contributed by atoms with E-state index in [0.717, 1.165) is 5.69 Å². The van der Waals surface area contributed by atoms with Crippen molar-refractivity contribution in [1.82, 2.24) is 5.32 Å². The summed E-state index contributed by atoms with van der Waals surface area (Å²) in [4.78, 5) is 54.7. The Kier molecular flexibility index (Phi) is 12.3. The number of hydrogen-bond acceptors (Lipinski definition) is 13. The van der Waals surface area contributed by atoms with Gasteiger partial charge in [0.05, 0.1) is 39.2 Å². The van der Waals surface area contributed by atoms with Crippen molar-refractivity contribution in [2.24, 2.45) is 10.2 Å². The van der Waals surface area contributed by atoms with E-state index in [0.29, 0.717) is 39.2 Å². The van der Waals surface area contributed by atoms with Crippen molar-refractivity contribution in [3.05, 3.63) is 176 Å². The summed E-state index contributed by atoms with van der Waals surface area (Å²) in [6.07, 6.45) is 1.45. The van der Waals surface area contributed by atoms with Gasteiger partial charge >= 0.3 is 17.9 Å². The minimum absolute atomic E-state index is 0.00360. The molecule has 14 nitrogen and oxygen atoms in total. The van der Waals surface area contributed by atoms with Gasteiger partial charge in [0.2, 0.25) is 0 Å². The Morgan fingerprint density at radius 2 is 1.49 bits per heavy atom. The Bertz CT molecular complexity index is 3000. The van der Waals surface area contributed by atoms with Crippen molar-refractivity contribution in [3.8, 4) is 29.1 Å². The first kappa shape index (κ1) is 43.7. The molecule has 1 amide bonds. The van der Waals surface area contributed by atoms with Crippen LogP contribution in [0.25, 0.3) is 6.08 Å². The van der Waals surface area contributed by atoms with E-state index in [2.05, 4.69) is 15.5 Å². The number of phenolic OH excluding ortho intramolecular Hbond substituents is 1. The van der Waals surface area contributed by atoms with Gasteiger partial charge in [-0.25, -0.2) is 14.4 Å². The normalized spacial score (nSPS) is 14.6. The van der Waals surface area contributed by atoms with Crippen LogP contribution in [0.1, 0.15) is 59.7 Å². The number of esters is 3. The maximum atomic E-state index is 13.7. The minimum Gasteiger partial charge on any atom is -0.506 e. The van der Waals surface area contributed by atoms with Crippen molar-refractivity contribution < 1.29 is 43.2 Å². The van der Waals surface area contributed by atoms with Gasteiger partial charge in [0.1, 0.15) is 28.9 Å². The summed E-state index contributed by atoms with van der Waals surface area (Å²) in [6.45, 7) is 0.0641. The molecule has 0 bridgehead atoms. The van der Waals surface area contributed by atoms with Crippen LogP contribution in [0.4, 0.5) is 17.1 Å². The third-order valence-corrected chi connectivity index (χ3v) is 11.1. The number of phenols is 1. The fourth-order valence-corrected chi connectivity index (χ4v) is 7.61. The number of hydrogen-bond donors (Lipinski definition) is 2. The summed E-state index contributed by atoms with van der Waals surface area (Å²) in [5, 5.41) is 31.5. The van der Waals surface area contributed by atoms with Gasteiger partial charge in [-0.05, 0) is 90.9 Å². The first-order valence-corrected chi connectivity index (χ1v) is 20.7. The van der Waals surface area contributed by atoms with Gasteiger partial charge in [-0.2, -0.15) is 15.5 Å². The number of nitrogens with zero attached hydrogens (tertiary/aromatic N) is 4. The lowest BCUT2D eigenvalue weighted by atomic mass is 9.77. The highest BCUT2D eigenvalue weighted by Crippen LogP contribution is 2.58. The number of benzene rings is 6. The first-order valence-electron chi connectivity index (χ1n) is 19.9. The molecule has 1 spiro atoms. The number of carbonyl (C=O) groups excluding carboxylic acids is 4. The number of carbonyl (C=O) groups is 4. The molecule has 16 heteroatoms. The number of azo groups is 1. The zero-order valence-corrected chi connectivity index (χ0v) is 36.0. The first-order chi connectivity index (χ1) is 31.4. The molecule has 2 aliphatic heterocycles. The predicted octanol–water partition coefficient (Wildman–Crippen LogP) is 10.2. The Morgan fingerprint density at radius 1 is 0.846 bits per heavy atom. The zero-order chi connectivity index (χ0) is 45.8. The number of nitrogens with one attached hydrogen (secondary N) is 1. The minimum atomic E-state index is -1.57. The molecule has 1 unspecified atom stereocenters. The predicted molar refractivity (Wildman–Crippen MR) is 241 cm³/mol. The molecule has 0 saturated carbocycles. The molecule has 8 rings (SSSR count). The molecule has 0 fully saturated rings. The largest absolute Gasteiger partial charge is 0.506 e. The molecule has 0 saturated heterocycles. The quantitative estimate of drug-likeness (QED) is 0.0297. The van der Waals surface area contributed by atoms with Gasteiger partial charge in [-0.15, -0.1) is 0 Å². The van der Waals surface area contributed by atoms with E-state index in [4.69, 9.17) is 42.1 Å². The number of nitriles is 1. The number of fused-ring (bicyclic) bond motifs is 6. The Labute approximate surface area is 381 Å². The van der Waals surface area contributed by atoms with E-state index in [-0.39, 0.29) is 69.6 Å². The second-order valence-corrected chi connectivity index (χ2v) is 15.7. The van der Waals surface area contributed by atoms with Gasteiger partial charge in [0.25, 0.3) is 5.91 Å². The average Bonchev–Trinajstić information content (AvgIpc) is 3.60. The van der Waals surface area contributed by atoms with Crippen LogP contribution < -0.4 is 19.7 Å².